The van der Waals surface area contributed by atoms with E-state index in [9.17, 15) is 4.79 Å². The molecule has 0 unspecified atom stereocenters. The van der Waals surface area contributed by atoms with Gasteiger partial charge in [0, 0.05) is 19.0 Å². The van der Waals surface area contributed by atoms with Crippen LogP contribution in [0.4, 0.5) is 0 Å². The maximum absolute atomic E-state index is 10.8. The van der Waals surface area contributed by atoms with Crippen molar-refractivity contribution in [3.8, 4) is 0 Å². The maximum atomic E-state index is 10.8. The molecule has 1 saturated heterocycles. The quantitative estimate of drug-likeness (QED) is 0.667. The molecule has 2 atom stereocenters. The van der Waals surface area contributed by atoms with Crippen LogP contribution in [0.1, 0.15) is 40.0 Å². The first-order valence-corrected chi connectivity index (χ1v) is 5.33. The first-order valence-electron chi connectivity index (χ1n) is 5.33. The number of carbonyl (C=O) groups is 1. The van der Waals surface area contributed by atoms with Gasteiger partial charge in [0.1, 0.15) is 5.78 Å². The lowest BCUT2D eigenvalue weighted by Crippen LogP contribution is -2.41. The number of nitrogens with zero attached hydrogens (tertiary/aromatic N) is 1. The largest absolute Gasteiger partial charge is 0.300 e. The number of carbonyl (C=O) groups excluding carboxylic acids is 1. The molecule has 0 aliphatic carbocycles. The molecule has 0 saturated carbocycles. The number of likely N-dealkylation sites (tertiary alicyclic amines) is 1. The summed E-state index contributed by atoms with van der Waals surface area (Å²) in [5.41, 5.74) is 0. The van der Waals surface area contributed by atoms with Crippen molar-refractivity contribution < 1.29 is 4.79 Å². The van der Waals surface area contributed by atoms with Gasteiger partial charge in [-0.3, -0.25) is 4.79 Å². The van der Waals surface area contributed by atoms with Gasteiger partial charge in [0.25, 0.3) is 0 Å². The minimum atomic E-state index is 0.311. The minimum absolute atomic E-state index is 0.311. The third kappa shape index (κ3) is 3.47. The van der Waals surface area contributed by atoms with Gasteiger partial charge < -0.3 is 4.90 Å². The van der Waals surface area contributed by atoms with E-state index in [1.807, 2.05) is 0 Å². The summed E-state index contributed by atoms with van der Waals surface area (Å²) in [7, 11) is 0. The SMILES string of the molecule is CC(=O)CCN1CC[C@H](C)C[C@@H]1C. The van der Waals surface area contributed by atoms with E-state index >= 15 is 0 Å². The minimum Gasteiger partial charge on any atom is -0.300 e. The van der Waals surface area contributed by atoms with E-state index in [4.69, 9.17) is 0 Å². The second-order valence-corrected chi connectivity index (χ2v) is 4.47. The Morgan fingerprint density at radius 1 is 1.46 bits per heavy atom. The van der Waals surface area contributed by atoms with Crippen molar-refractivity contribution >= 4 is 5.78 Å². The topological polar surface area (TPSA) is 20.3 Å². The van der Waals surface area contributed by atoms with Gasteiger partial charge >= 0.3 is 0 Å². The number of hydrogen-bond acceptors (Lipinski definition) is 2. The van der Waals surface area contributed by atoms with Crippen LogP contribution in [0.15, 0.2) is 0 Å². The van der Waals surface area contributed by atoms with Crippen molar-refractivity contribution in [3.63, 3.8) is 0 Å². The lowest BCUT2D eigenvalue weighted by Gasteiger charge is -2.36. The molecule has 1 heterocycles. The zero-order chi connectivity index (χ0) is 9.84. The average molecular weight is 183 g/mol. The predicted molar refractivity (Wildman–Crippen MR) is 54.7 cm³/mol. The molecule has 1 rings (SSSR count). The first kappa shape index (κ1) is 10.7. The van der Waals surface area contributed by atoms with Gasteiger partial charge in [-0.15, -0.1) is 0 Å². The predicted octanol–water partition coefficient (Wildman–Crippen LogP) is 2.09. The molecular formula is C11H21NO. The lowest BCUT2D eigenvalue weighted by atomic mass is 9.93. The van der Waals surface area contributed by atoms with Gasteiger partial charge in [-0.05, 0) is 39.2 Å². The first-order chi connectivity index (χ1) is 6.09. The number of piperidine rings is 1. The zero-order valence-electron chi connectivity index (χ0n) is 9.05. The summed E-state index contributed by atoms with van der Waals surface area (Å²) >= 11 is 0. The molecule has 0 aromatic carbocycles. The molecule has 1 aliphatic rings. The Morgan fingerprint density at radius 2 is 2.15 bits per heavy atom. The average Bonchev–Trinajstić information content (AvgIpc) is 2.02. The summed E-state index contributed by atoms with van der Waals surface area (Å²) in [6.45, 7) is 8.41. The van der Waals surface area contributed by atoms with Crippen LogP contribution in [0, 0.1) is 5.92 Å². The zero-order valence-corrected chi connectivity index (χ0v) is 9.05. The van der Waals surface area contributed by atoms with E-state index in [0.717, 1.165) is 18.9 Å². The Kier molecular flexibility index (Phi) is 3.91. The number of rotatable bonds is 3. The van der Waals surface area contributed by atoms with E-state index < -0.39 is 0 Å². The maximum Gasteiger partial charge on any atom is 0.131 e. The Balaban J connectivity index is 2.29. The second kappa shape index (κ2) is 4.75. The van der Waals surface area contributed by atoms with Crippen molar-refractivity contribution in [2.45, 2.75) is 46.1 Å². The highest BCUT2D eigenvalue weighted by Gasteiger charge is 2.22. The van der Waals surface area contributed by atoms with Crippen LogP contribution in [0.3, 0.4) is 0 Å². The Morgan fingerprint density at radius 3 is 2.69 bits per heavy atom. The summed E-state index contributed by atoms with van der Waals surface area (Å²) in [5, 5.41) is 0. The van der Waals surface area contributed by atoms with Crippen molar-refractivity contribution in [2.75, 3.05) is 13.1 Å². The Bertz CT molecular complexity index is 179. The molecule has 13 heavy (non-hydrogen) atoms. The summed E-state index contributed by atoms with van der Waals surface area (Å²) in [6.07, 6.45) is 3.30. The number of Topliss-reactive ketones (excluding diaryl/α,β-unsaturated/α-hetero) is 1. The van der Waals surface area contributed by atoms with Crippen LogP contribution in [0.2, 0.25) is 0 Å². The van der Waals surface area contributed by atoms with Crippen molar-refractivity contribution in [1.82, 2.24) is 4.90 Å². The highest BCUT2D eigenvalue weighted by Crippen LogP contribution is 2.21. The fourth-order valence-electron chi connectivity index (χ4n) is 2.09. The molecule has 0 radical (unpaired) electrons. The van der Waals surface area contributed by atoms with Crippen LogP contribution < -0.4 is 0 Å². The number of ketones is 1. The van der Waals surface area contributed by atoms with Gasteiger partial charge in [0.2, 0.25) is 0 Å². The molecule has 1 aliphatic heterocycles. The molecule has 0 aromatic heterocycles. The monoisotopic (exact) mass is 183 g/mol. The van der Waals surface area contributed by atoms with Gasteiger partial charge in [-0.2, -0.15) is 0 Å². The molecule has 0 aromatic rings. The standard InChI is InChI=1S/C11H21NO/c1-9-4-6-12(10(2)8-9)7-5-11(3)13/h9-10H,4-8H2,1-3H3/t9-,10-/m0/s1. The highest BCUT2D eigenvalue weighted by atomic mass is 16.1. The van der Waals surface area contributed by atoms with E-state index in [2.05, 4.69) is 18.7 Å². The van der Waals surface area contributed by atoms with Gasteiger partial charge in [-0.25, -0.2) is 0 Å². The van der Waals surface area contributed by atoms with Gasteiger partial charge in [0.05, 0.1) is 0 Å². The molecule has 76 valence electrons. The summed E-state index contributed by atoms with van der Waals surface area (Å²) < 4.78 is 0. The van der Waals surface area contributed by atoms with Crippen LogP contribution in [0.25, 0.3) is 0 Å². The molecular weight excluding hydrogens is 162 g/mol. The van der Waals surface area contributed by atoms with Crippen molar-refractivity contribution in [1.29, 1.82) is 0 Å². The molecule has 1 fully saturated rings. The normalized spacial score (nSPS) is 30.4. The van der Waals surface area contributed by atoms with Crippen LogP contribution in [-0.4, -0.2) is 29.8 Å². The van der Waals surface area contributed by atoms with E-state index in [-0.39, 0.29) is 0 Å². The van der Waals surface area contributed by atoms with Gasteiger partial charge in [0.15, 0.2) is 0 Å². The molecule has 0 spiro atoms. The lowest BCUT2D eigenvalue weighted by molar-refractivity contribution is -0.117. The van der Waals surface area contributed by atoms with Crippen LogP contribution >= 0.6 is 0 Å². The van der Waals surface area contributed by atoms with Crippen LogP contribution in [0.5, 0.6) is 0 Å². The fourth-order valence-corrected chi connectivity index (χ4v) is 2.09. The van der Waals surface area contributed by atoms with E-state index in [1.165, 1.54) is 19.4 Å². The molecule has 2 nitrogen and oxygen atoms in total. The molecule has 0 amide bonds. The highest BCUT2D eigenvalue weighted by molar-refractivity contribution is 5.75. The fraction of sp³-hybridized carbons (Fsp3) is 0.909. The van der Waals surface area contributed by atoms with E-state index in [1.54, 1.807) is 6.92 Å². The van der Waals surface area contributed by atoms with Crippen molar-refractivity contribution in [2.24, 2.45) is 5.92 Å². The molecule has 0 bridgehead atoms. The van der Waals surface area contributed by atoms with Crippen LogP contribution in [-0.2, 0) is 4.79 Å². The van der Waals surface area contributed by atoms with Gasteiger partial charge in [-0.1, -0.05) is 6.92 Å². The summed E-state index contributed by atoms with van der Waals surface area (Å²) in [5.74, 6) is 1.18. The Hall–Kier alpha value is -0.370. The smallest absolute Gasteiger partial charge is 0.131 e. The molecule has 0 N–H and O–H groups in total. The molecule has 2 heteroatoms. The Labute approximate surface area is 81.3 Å². The third-order valence-electron chi connectivity index (χ3n) is 3.03. The summed E-state index contributed by atoms with van der Waals surface area (Å²) in [6, 6.07) is 0.670. The second-order valence-electron chi connectivity index (χ2n) is 4.47. The number of hydrogen-bond donors (Lipinski definition) is 0. The van der Waals surface area contributed by atoms with E-state index in [0.29, 0.717) is 11.8 Å². The third-order valence-corrected chi connectivity index (χ3v) is 3.03. The summed E-state index contributed by atoms with van der Waals surface area (Å²) in [4.78, 5) is 13.3. The van der Waals surface area contributed by atoms with Crippen molar-refractivity contribution in [3.05, 3.63) is 0 Å².